The Balaban J connectivity index is 1.48. The Morgan fingerprint density at radius 3 is 2.48 bits per heavy atom. The van der Waals surface area contributed by atoms with Gasteiger partial charge in [-0.15, -0.1) is 0 Å². The molecule has 0 fully saturated rings. The second-order valence-electron chi connectivity index (χ2n) is 9.65. The van der Waals surface area contributed by atoms with Gasteiger partial charge in [-0.25, -0.2) is 22.2 Å². The molecule has 1 aromatic heterocycles. The number of benzene rings is 3. The van der Waals surface area contributed by atoms with Gasteiger partial charge >= 0.3 is 5.97 Å². The summed E-state index contributed by atoms with van der Waals surface area (Å²) in [5, 5.41) is 6.18. The van der Waals surface area contributed by atoms with E-state index >= 15 is 0 Å². The zero-order valence-electron chi connectivity index (χ0n) is 23.7. The van der Waals surface area contributed by atoms with Crippen LogP contribution in [0, 0.1) is 6.92 Å². The van der Waals surface area contributed by atoms with Gasteiger partial charge in [0.25, 0.3) is 15.9 Å². The third kappa shape index (κ3) is 7.59. The predicted octanol–water partition coefficient (Wildman–Crippen LogP) is 4.77. The number of hydrogen-bond acceptors (Lipinski definition) is 8. The Morgan fingerprint density at radius 2 is 1.79 bits per heavy atom. The van der Waals surface area contributed by atoms with Crippen LogP contribution in [-0.2, 0) is 26.0 Å². The van der Waals surface area contributed by atoms with Gasteiger partial charge in [-0.05, 0) is 66.8 Å². The van der Waals surface area contributed by atoms with Crippen LogP contribution in [0.25, 0.3) is 11.1 Å². The average Bonchev–Trinajstić information content (AvgIpc) is 3.49. The molecule has 3 aromatic carbocycles. The number of aryl methyl sites for hydroxylation is 1. The number of imidazole rings is 1. The first-order valence-corrected chi connectivity index (χ1v) is 16.2. The fourth-order valence-electron chi connectivity index (χ4n) is 4.34. The second kappa shape index (κ2) is 14.2. The lowest BCUT2D eigenvalue weighted by molar-refractivity contribution is -0.142. The van der Waals surface area contributed by atoms with E-state index in [1.54, 1.807) is 48.2 Å². The lowest BCUT2D eigenvalue weighted by Gasteiger charge is -2.18. The molecule has 1 heterocycles. The summed E-state index contributed by atoms with van der Waals surface area (Å²) >= 11 is 1.59. The van der Waals surface area contributed by atoms with Crippen LogP contribution in [0.4, 0.5) is 5.69 Å². The molecule has 0 aliphatic rings. The molecule has 220 valence electrons. The van der Waals surface area contributed by atoms with Crippen molar-refractivity contribution in [1.82, 2.24) is 14.3 Å². The molecule has 0 aliphatic carbocycles. The molecule has 4 rings (SSSR count). The Morgan fingerprint density at radius 1 is 1.05 bits per heavy atom. The van der Waals surface area contributed by atoms with Crippen molar-refractivity contribution < 1.29 is 22.7 Å². The zero-order valence-corrected chi connectivity index (χ0v) is 25.4. The van der Waals surface area contributed by atoms with E-state index in [-0.39, 0.29) is 10.8 Å². The highest BCUT2D eigenvalue weighted by Crippen LogP contribution is 2.27. The minimum absolute atomic E-state index is 0.204. The number of ether oxygens (including phenoxy) is 1. The highest BCUT2D eigenvalue weighted by atomic mass is 32.2. The van der Waals surface area contributed by atoms with Crippen molar-refractivity contribution in [1.29, 1.82) is 0 Å². The number of anilines is 1. The second-order valence-corrected chi connectivity index (χ2v) is 12.5. The lowest BCUT2D eigenvalue weighted by atomic mass is 9.98. The summed E-state index contributed by atoms with van der Waals surface area (Å²) < 4.78 is 31.9. The smallest absolute Gasteiger partial charge is 0.328 e. The number of thioether (sulfide) groups is 1. The van der Waals surface area contributed by atoms with Crippen molar-refractivity contribution >= 4 is 39.3 Å². The van der Waals surface area contributed by atoms with Gasteiger partial charge in [-0.1, -0.05) is 48.0 Å². The minimum atomic E-state index is -3.72. The van der Waals surface area contributed by atoms with Gasteiger partial charge in [0.1, 0.15) is 12.4 Å². The maximum absolute atomic E-state index is 13.3. The Labute approximate surface area is 250 Å². The molecule has 0 aliphatic heterocycles. The number of nitrogens with one attached hydrogen (secondary N) is 2. The number of rotatable bonds is 13. The molecule has 4 aromatic rings. The van der Waals surface area contributed by atoms with E-state index in [0.717, 1.165) is 20.8 Å². The van der Waals surface area contributed by atoms with E-state index in [4.69, 9.17) is 4.74 Å². The molecule has 1 amide bonds. The first-order chi connectivity index (χ1) is 20.2. The summed E-state index contributed by atoms with van der Waals surface area (Å²) in [6.45, 7) is 2.39. The molecule has 9 nitrogen and oxygen atoms in total. The summed E-state index contributed by atoms with van der Waals surface area (Å²) in [7, 11) is -2.41. The summed E-state index contributed by atoms with van der Waals surface area (Å²) in [4.78, 5) is 30.1. The van der Waals surface area contributed by atoms with Crippen molar-refractivity contribution in [2.75, 3.05) is 31.0 Å². The van der Waals surface area contributed by atoms with Crippen molar-refractivity contribution in [3.63, 3.8) is 0 Å². The van der Waals surface area contributed by atoms with Crippen LogP contribution in [0.15, 0.2) is 90.2 Å². The van der Waals surface area contributed by atoms with Gasteiger partial charge in [-0.2, -0.15) is 11.8 Å². The molecule has 0 spiro atoms. The normalized spacial score (nSPS) is 12.0. The van der Waals surface area contributed by atoms with Crippen LogP contribution >= 0.6 is 11.8 Å². The maximum atomic E-state index is 13.3. The van der Waals surface area contributed by atoms with E-state index in [2.05, 4.69) is 15.6 Å². The molecule has 42 heavy (non-hydrogen) atoms. The predicted molar refractivity (Wildman–Crippen MR) is 166 cm³/mol. The molecular weight excluding hydrogens is 572 g/mol. The fourth-order valence-corrected chi connectivity index (χ4v) is 5.97. The van der Waals surface area contributed by atoms with Crippen molar-refractivity contribution in [2.24, 2.45) is 0 Å². The van der Waals surface area contributed by atoms with Crippen LogP contribution in [0.2, 0.25) is 0 Å². The van der Waals surface area contributed by atoms with Gasteiger partial charge in [0.05, 0.1) is 17.7 Å². The number of hydrogen-bond donors (Lipinski definition) is 2. The number of methoxy groups -OCH3 is 1. The Hall–Kier alpha value is -4.09. The molecule has 2 N–H and O–H groups in total. The topological polar surface area (TPSA) is 119 Å². The fraction of sp³-hybridized carbons (Fsp3) is 0.258. The quantitative estimate of drug-likeness (QED) is 0.209. The molecule has 0 bridgehead atoms. The highest BCUT2D eigenvalue weighted by molar-refractivity contribution is 7.98. The van der Waals surface area contributed by atoms with Crippen LogP contribution in [0.5, 0.6) is 0 Å². The third-order valence-electron chi connectivity index (χ3n) is 6.67. The van der Waals surface area contributed by atoms with E-state index in [1.807, 2.05) is 49.6 Å². The summed E-state index contributed by atoms with van der Waals surface area (Å²) in [5.74, 6) is -0.145. The molecular formula is C31H34N4O5S2. The van der Waals surface area contributed by atoms with Crippen LogP contribution in [0.1, 0.15) is 28.0 Å². The maximum Gasteiger partial charge on any atom is 0.328 e. The molecule has 0 radical (unpaired) electrons. The van der Waals surface area contributed by atoms with Crippen molar-refractivity contribution in [3.05, 3.63) is 102 Å². The van der Waals surface area contributed by atoms with Gasteiger partial charge in [-0.3, -0.25) is 4.79 Å². The molecule has 1 atom stereocenters. The molecule has 11 heteroatoms. The summed E-state index contributed by atoms with van der Waals surface area (Å²) in [6, 6.07) is 20.9. The molecule has 0 saturated carbocycles. The van der Waals surface area contributed by atoms with E-state index in [9.17, 15) is 18.0 Å². The minimum Gasteiger partial charge on any atom is -0.467 e. The zero-order chi connectivity index (χ0) is 30.1. The van der Waals surface area contributed by atoms with E-state index in [1.165, 1.54) is 19.6 Å². The Bertz CT molecular complexity index is 1620. The average molecular weight is 607 g/mol. The number of aromatic nitrogens is 2. The first-order valence-electron chi connectivity index (χ1n) is 13.4. The van der Waals surface area contributed by atoms with Crippen LogP contribution < -0.4 is 10.6 Å². The number of amides is 1. The monoisotopic (exact) mass is 606 g/mol. The largest absolute Gasteiger partial charge is 0.467 e. The van der Waals surface area contributed by atoms with Crippen molar-refractivity contribution in [3.8, 4) is 11.1 Å². The Kier molecular flexibility index (Phi) is 10.4. The van der Waals surface area contributed by atoms with Gasteiger partial charge < -0.3 is 15.4 Å². The van der Waals surface area contributed by atoms with Crippen LogP contribution in [0.3, 0.4) is 0 Å². The number of esters is 1. The van der Waals surface area contributed by atoms with E-state index in [0.29, 0.717) is 42.0 Å². The molecule has 0 unspecified atom stereocenters. The van der Waals surface area contributed by atoms with Crippen molar-refractivity contribution in [2.45, 2.75) is 30.7 Å². The molecule has 0 saturated heterocycles. The number of carbonyl (C=O) groups is 2. The standard InChI is InChI=1S/C31H34N4O5S2/c1-22-9-12-26(13-10-22)42(38,39)35-20-25(33-21-35)15-17-32-24-11-14-27(28(19-24)23-7-5-4-6-8-23)30(36)34-29(16-18-41-3)31(37)40-2/h4-14,19-21,29,32H,15-18H2,1-3H3,(H,34,36)/t29-/m0/s1. The van der Waals surface area contributed by atoms with Gasteiger partial charge in [0.15, 0.2) is 0 Å². The van der Waals surface area contributed by atoms with Crippen LogP contribution in [-0.4, -0.2) is 61.0 Å². The SMILES string of the molecule is COC(=O)[C@H](CCSC)NC(=O)c1ccc(NCCc2cn(S(=O)(=O)c3ccc(C)cc3)cn2)cc1-c1ccccc1. The van der Waals surface area contributed by atoms with E-state index < -0.39 is 22.0 Å². The highest BCUT2D eigenvalue weighted by Gasteiger charge is 2.23. The number of nitrogens with zero attached hydrogens (tertiary/aromatic N) is 2. The number of carbonyl (C=O) groups excluding carboxylic acids is 2. The summed E-state index contributed by atoms with van der Waals surface area (Å²) in [6.07, 6.45) is 5.71. The van der Waals surface area contributed by atoms with Gasteiger partial charge in [0, 0.05) is 30.4 Å². The third-order valence-corrected chi connectivity index (χ3v) is 8.94. The van der Waals surface area contributed by atoms with Gasteiger partial charge in [0.2, 0.25) is 0 Å². The lowest BCUT2D eigenvalue weighted by Crippen LogP contribution is -2.42. The summed E-state index contributed by atoms with van der Waals surface area (Å²) in [5.41, 5.74) is 4.38. The first kappa shape index (κ1) is 30.9.